The number of anilines is 1. The summed E-state index contributed by atoms with van der Waals surface area (Å²) in [6.07, 6.45) is 4.28. The number of oxazole rings is 1. The van der Waals surface area contributed by atoms with Crippen LogP contribution in [0.2, 0.25) is 0 Å². The van der Waals surface area contributed by atoms with Crippen molar-refractivity contribution in [2.75, 3.05) is 25.0 Å². The van der Waals surface area contributed by atoms with Crippen molar-refractivity contribution in [3.8, 4) is 0 Å². The molecule has 3 amide bonds. The molecule has 4 rings (SSSR count). The first-order chi connectivity index (χ1) is 12.1. The first kappa shape index (κ1) is 15.7. The third-order valence-electron chi connectivity index (χ3n) is 5.20. The van der Waals surface area contributed by atoms with Crippen LogP contribution in [0.25, 0.3) is 0 Å². The summed E-state index contributed by atoms with van der Waals surface area (Å²) in [5.41, 5.74) is 0.249. The van der Waals surface area contributed by atoms with E-state index in [9.17, 15) is 9.59 Å². The molecule has 7 heteroatoms. The first-order valence-electron chi connectivity index (χ1n) is 8.40. The number of amides is 3. The molecule has 1 aromatic carbocycles. The van der Waals surface area contributed by atoms with Gasteiger partial charge in [0.2, 0.25) is 0 Å². The van der Waals surface area contributed by atoms with E-state index < -0.39 is 5.54 Å². The molecule has 2 aliphatic rings. The quantitative estimate of drug-likeness (QED) is 0.801. The van der Waals surface area contributed by atoms with Crippen molar-refractivity contribution in [3.05, 3.63) is 48.4 Å². The maximum Gasteiger partial charge on any atom is 0.327 e. The third kappa shape index (κ3) is 2.47. The average molecular weight is 340 g/mol. The summed E-state index contributed by atoms with van der Waals surface area (Å²) in [4.78, 5) is 34.8. The molecule has 7 nitrogen and oxygen atoms in total. The zero-order chi connectivity index (χ0) is 17.4. The fourth-order valence-corrected chi connectivity index (χ4v) is 3.79. The molecule has 0 N–H and O–H groups in total. The number of carbonyl (C=O) groups excluding carboxylic acids is 2. The van der Waals surface area contributed by atoms with Gasteiger partial charge in [0.15, 0.2) is 0 Å². The van der Waals surface area contributed by atoms with Crippen molar-refractivity contribution in [2.45, 2.75) is 24.9 Å². The molecule has 0 bridgehead atoms. The maximum atomic E-state index is 12.9. The number of imide groups is 1. The molecule has 1 spiro atoms. The van der Waals surface area contributed by atoms with Gasteiger partial charge in [0, 0.05) is 26.7 Å². The van der Waals surface area contributed by atoms with E-state index >= 15 is 0 Å². The van der Waals surface area contributed by atoms with E-state index in [1.807, 2.05) is 35.2 Å². The van der Waals surface area contributed by atoms with Crippen molar-refractivity contribution in [1.82, 2.24) is 14.8 Å². The molecule has 130 valence electrons. The number of piperidine rings is 1. The number of benzene rings is 1. The lowest BCUT2D eigenvalue weighted by Crippen LogP contribution is -2.56. The van der Waals surface area contributed by atoms with Gasteiger partial charge in [0.05, 0.1) is 6.20 Å². The van der Waals surface area contributed by atoms with E-state index in [0.29, 0.717) is 38.5 Å². The molecule has 3 heterocycles. The van der Waals surface area contributed by atoms with Gasteiger partial charge >= 0.3 is 6.03 Å². The van der Waals surface area contributed by atoms with Gasteiger partial charge in [0.25, 0.3) is 11.9 Å². The van der Waals surface area contributed by atoms with Crippen LogP contribution < -0.4 is 4.90 Å². The SMILES string of the molecule is CN1C(=O)N(Cc2ccccc2)C2(CCN(c3ncco3)CC2)C1=O. The summed E-state index contributed by atoms with van der Waals surface area (Å²) in [6.45, 7) is 1.69. The van der Waals surface area contributed by atoms with Gasteiger partial charge in [-0.25, -0.2) is 9.78 Å². The lowest BCUT2D eigenvalue weighted by atomic mass is 9.85. The number of carbonyl (C=O) groups is 2. The molecule has 0 saturated carbocycles. The van der Waals surface area contributed by atoms with Crippen LogP contribution in [0.1, 0.15) is 18.4 Å². The smallest absolute Gasteiger partial charge is 0.327 e. The monoisotopic (exact) mass is 340 g/mol. The minimum atomic E-state index is -0.773. The molecule has 0 atom stereocenters. The lowest BCUT2D eigenvalue weighted by molar-refractivity contribution is -0.133. The summed E-state index contributed by atoms with van der Waals surface area (Å²) >= 11 is 0. The Kier molecular flexibility index (Phi) is 3.71. The van der Waals surface area contributed by atoms with Crippen LogP contribution >= 0.6 is 0 Å². The number of likely N-dealkylation sites (N-methyl/N-ethyl adjacent to an activating group) is 1. The highest BCUT2D eigenvalue weighted by Crippen LogP contribution is 2.38. The fraction of sp³-hybridized carbons (Fsp3) is 0.389. The number of hydrogen-bond donors (Lipinski definition) is 0. The Hall–Kier alpha value is -2.83. The second kappa shape index (κ2) is 5.91. The highest BCUT2D eigenvalue weighted by Gasteiger charge is 2.56. The van der Waals surface area contributed by atoms with Crippen LogP contribution in [0.3, 0.4) is 0 Å². The van der Waals surface area contributed by atoms with Crippen LogP contribution in [0, 0.1) is 0 Å². The predicted octanol–water partition coefficient (Wildman–Crippen LogP) is 2.11. The second-order valence-electron chi connectivity index (χ2n) is 6.55. The topological polar surface area (TPSA) is 69.9 Å². The van der Waals surface area contributed by atoms with Crippen LogP contribution in [0.15, 0.2) is 47.2 Å². The molecule has 0 radical (unpaired) electrons. The van der Waals surface area contributed by atoms with E-state index in [1.54, 1.807) is 24.4 Å². The van der Waals surface area contributed by atoms with Crippen LogP contribution in [-0.2, 0) is 11.3 Å². The van der Waals surface area contributed by atoms with Gasteiger partial charge < -0.3 is 14.2 Å². The Labute approximate surface area is 145 Å². The van der Waals surface area contributed by atoms with Crippen molar-refractivity contribution in [1.29, 1.82) is 0 Å². The molecular formula is C18H20N4O3. The summed E-state index contributed by atoms with van der Waals surface area (Å²) in [5.74, 6) is -0.111. The van der Waals surface area contributed by atoms with Crippen molar-refractivity contribution < 1.29 is 14.0 Å². The molecule has 0 unspecified atom stereocenters. The molecule has 2 aliphatic heterocycles. The van der Waals surface area contributed by atoms with Gasteiger partial charge in [0.1, 0.15) is 11.8 Å². The average Bonchev–Trinajstić information content (AvgIpc) is 3.24. The Bertz CT molecular complexity index is 767. The minimum absolute atomic E-state index is 0.111. The van der Waals surface area contributed by atoms with E-state index in [1.165, 1.54) is 4.90 Å². The molecule has 2 saturated heterocycles. The zero-order valence-corrected chi connectivity index (χ0v) is 14.1. The van der Waals surface area contributed by atoms with E-state index in [2.05, 4.69) is 4.98 Å². The Morgan fingerprint density at radius 2 is 1.88 bits per heavy atom. The van der Waals surface area contributed by atoms with Crippen molar-refractivity contribution >= 4 is 18.0 Å². The number of hydrogen-bond acceptors (Lipinski definition) is 5. The Balaban J connectivity index is 1.59. The van der Waals surface area contributed by atoms with Crippen molar-refractivity contribution in [2.24, 2.45) is 0 Å². The highest BCUT2D eigenvalue weighted by molar-refractivity contribution is 6.06. The Morgan fingerprint density at radius 1 is 1.16 bits per heavy atom. The molecule has 2 fully saturated rings. The molecule has 0 aliphatic carbocycles. The predicted molar refractivity (Wildman–Crippen MR) is 90.8 cm³/mol. The molecular weight excluding hydrogens is 320 g/mol. The maximum absolute atomic E-state index is 12.9. The Morgan fingerprint density at radius 3 is 2.52 bits per heavy atom. The second-order valence-corrected chi connectivity index (χ2v) is 6.55. The minimum Gasteiger partial charge on any atom is -0.432 e. The van der Waals surface area contributed by atoms with Crippen molar-refractivity contribution in [3.63, 3.8) is 0 Å². The number of nitrogens with zero attached hydrogens (tertiary/aromatic N) is 4. The molecule has 25 heavy (non-hydrogen) atoms. The fourth-order valence-electron chi connectivity index (χ4n) is 3.79. The van der Waals surface area contributed by atoms with Gasteiger partial charge in [-0.3, -0.25) is 9.69 Å². The van der Waals surface area contributed by atoms with E-state index in [-0.39, 0.29) is 11.9 Å². The molecule has 2 aromatic rings. The van der Waals surface area contributed by atoms with E-state index in [4.69, 9.17) is 4.42 Å². The summed E-state index contributed by atoms with van der Waals surface area (Å²) < 4.78 is 5.35. The number of aromatic nitrogens is 1. The summed E-state index contributed by atoms with van der Waals surface area (Å²) in [5, 5.41) is 0. The highest BCUT2D eigenvalue weighted by atomic mass is 16.4. The van der Waals surface area contributed by atoms with Gasteiger partial charge in [-0.2, -0.15) is 0 Å². The standard InChI is InChI=1S/C18H20N4O3/c1-20-15(23)18(7-10-21(11-8-18)16-19-9-12-25-16)22(17(20)24)13-14-5-3-2-4-6-14/h2-6,9,12H,7-8,10-11,13H2,1H3. The van der Waals surface area contributed by atoms with E-state index in [0.717, 1.165) is 5.56 Å². The number of rotatable bonds is 3. The normalized spacial score (nSPS) is 20.0. The van der Waals surface area contributed by atoms with Crippen LogP contribution in [0.4, 0.5) is 10.8 Å². The third-order valence-corrected chi connectivity index (χ3v) is 5.20. The van der Waals surface area contributed by atoms with Gasteiger partial charge in [-0.05, 0) is 18.4 Å². The lowest BCUT2D eigenvalue weighted by Gasteiger charge is -2.41. The largest absolute Gasteiger partial charge is 0.432 e. The number of urea groups is 1. The summed E-state index contributed by atoms with van der Waals surface area (Å²) in [6, 6.07) is 10.1. The van der Waals surface area contributed by atoms with Gasteiger partial charge in [-0.15, -0.1) is 0 Å². The summed E-state index contributed by atoms with van der Waals surface area (Å²) in [7, 11) is 1.57. The first-order valence-corrected chi connectivity index (χ1v) is 8.40. The van der Waals surface area contributed by atoms with Gasteiger partial charge in [-0.1, -0.05) is 30.3 Å². The molecule has 1 aromatic heterocycles. The van der Waals surface area contributed by atoms with Crippen LogP contribution in [-0.4, -0.2) is 52.4 Å². The zero-order valence-electron chi connectivity index (χ0n) is 14.1. The van der Waals surface area contributed by atoms with Crippen LogP contribution in [0.5, 0.6) is 0 Å².